The van der Waals surface area contributed by atoms with Crippen LogP contribution in [0.2, 0.25) is 26.2 Å². The molecule has 0 spiro atoms. The Morgan fingerprint density at radius 3 is 1.08 bits per heavy atom. The maximum atomic E-state index is 9.01. The monoisotopic (exact) mass is 228 g/mol. The molecule has 13 heavy (non-hydrogen) atoms. The van der Waals surface area contributed by atoms with E-state index in [-0.39, 0.29) is 29.7 Å². The Hall–Kier alpha value is 0.194. The molecule has 0 aromatic carbocycles. The van der Waals surface area contributed by atoms with Crippen LogP contribution in [0.1, 0.15) is 29.7 Å². The van der Waals surface area contributed by atoms with Crippen molar-refractivity contribution in [3.8, 4) is 0 Å². The van der Waals surface area contributed by atoms with Gasteiger partial charge in [-0.2, -0.15) is 0 Å². The first-order chi connectivity index (χ1) is 3.97. The minimum Gasteiger partial charge on any atom is -0.421 e. The molecule has 0 bridgehead atoms. The topological polar surface area (TPSA) is 26.3 Å². The highest BCUT2D eigenvalue weighted by atomic mass is 28.4. The first kappa shape index (κ1) is 37.9. The summed E-state index contributed by atoms with van der Waals surface area (Å²) in [4.78, 5) is 0. The van der Waals surface area contributed by atoms with Crippen molar-refractivity contribution < 1.29 is 8.89 Å². The third-order valence-corrected chi connectivity index (χ3v) is 1.84. The Bertz CT molecular complexity index is 70.5. The quantitative estimate of drug-likeness (QED) is 0.638. The van der Waals surface area contributed by atoms with Crippen LogP contribution < -0.4 is 0 Å². The summed E-state index contributed by atoms with van der Waals surface area (Å²) in [7, 11) is 0.139. The summed E-state index contributed by atoms with van der Waals surface area (Å²) in [5.41, 5.74) is 0. The van der Waals surface area contributed by atoms with Gasteiger partial charge in [-0.15, -0.1) is 0 Å². The van der Waals surface area contributed by atoms with Crippen molar-refractivity contribution in [1.29, 1.82) is 0 Å². The van der Waals surface area contributed by atoms with E-state index in [1.54, 1.807) is 13.7 Å². The molecule has 0 aromatic heterocycles. The molecular weight excluding hydrogens is 196 g/mol. The Morgan fingerprint density at radius 1 is 1.00 bits per heavy atom. The first-order valence-corrected chi connectivity index (χ1v) is 7.96. The molecule has 0 saturated heterocycles. The van der Waals surface area contributed by atoms with E-state index in [0.717, 1.165) is 0 Å². The van der Waals surface area contributed by atoms with E-state index < -0.39 is 17.7 Å². The van der Waals surface area contributed by atoms with Crippen LogP contribution in [0.25, 0.3) is 0 Å². The van der Waals surface area contributed by atoms with Crippen LogP contribution in [0.15, 0.2) is 0 Å². The van der Waals surface area contributed by atoms with Crippen molar-refractivity contribution in [3.63, 3.8) is 0 Å². The molecule has 0 rings (SSSR count). The highest BCUT2D eigenvalue weighted by Gasteiger charge is 2.09. The van der Waals surface area contributed by atoms with E-state index in [9.17, 15) is 0 Å². The lowest BCUT2D eigenvalue weighted by molar-refractivity contribution is 0.411. The second-order valence-electron chi connectivity index (χ2n) is 2.55. The van der Waals surface area contributed by atoms with Crippen molar-refractivity contribution >= 4 is 17.7 Å². The molecule has 0 saturated carbocycles. The number of hydrogen-bond donors (Lipinski definition) is 0. The van der Waals surface area contributed by atoms with Crippen molar-refractivity contribution in [2.45, 2.75) is 55.9 Å². The zero-order chi connectivity index (χ0) is 7.91. The second kappa shape index (κ2) is 22.8. The van der Waals surface area contributed by atoms with Gasteiger partial charge in [0.15, 0.2) is 8.32 Å². The Morgan fingerprint density at radius 2 is 1.08 bits per heavy atom. The molecule has 4 heteroatoms. The summed E-state index contributed by atoms with van der Waals surface area (Å²) in [6.07, 6.45) is 0. The molecule has 88 valence electrons. The van der Waals surface area contributed by atoms with Gasteiger partial charge in [0.2, 0.25) is 0 Å². The lowest BCUT2D eigenvalue weighted by Crippen LogP contribution is -2.22. The highest BCUT2D eigenvalue weighted by molar-refractivity contribution is 6.69. The summed E-state index contributed by atoms with van der Waals surface area (Å²) in [5, 5.41) is 0. The standard InChI is InChI=1S/C4H12OSi.CH4OSi.4CH4/c1-5-6(2,3)4;1-3-2;;;;/h1-4H3;3H,1H3;4*1H4. The van der Waals surface area contributed by atoms with Gasteiger partial charge in [-0.3, -0.25) is 0 Å². The number of hydrogen-bond acceptors (Lipinski definition) is 2. The lowest BCUT2D eigenvalue weighted by Gasteiger charge is -2.10. The minimum absolute atomic E-state index is 0. The zero-order valence-electron chi connectivity index (χ0n) is 6.89. The Balaban J connectivity index is -0.0000000160. The average Bonchev–Trinajstić information content (AvgIpc) is 1.67. The van der Waals surface area contributed by atoms with Gasteiger partial charge in [0, 0.05) is 7.11 Å². The molecule has 0 aliphatic carbocycles. The van der Waals surface area contributed by atoms with E-state index in [1.165, 1.54) is 0 Å². The van der Waals surface area contributed by atoms with Crippen molar-refractivity contribution in [2.75, 3.05) is 7.11 Å². The smallest absolute Gasteiger partial charge is 0.257 e. The highest BCUT2D eigenvalue weighted by Crippen LogP contribution is 1.97. The molecule has 0 heterocycles. The number of rotatable bonds is 1. The molecule has 0 atom stereocenters. The van der Waals surface area contributed by atoms with Crippen LogP contribution >= 0.6 is 0 Å². The molecule has 0 aliphatic heterocycles. The predicted octanol–water partition coefficient (Wildman–Crippen LogP) is 3.83. The summed E-state index contributed by atoms with van der Waals surface area (Å²) in [5.74, 6) is 0. The van der Waals surface area contributed by atoms with Crippen LogP contribution in [0, 0.1) is 0 Å². The minimum atomic E-state index is -1.13. The Kier molecular flexibility index (Phi) is 66.4. The predicted molar refractivity (Wildman–Crippen MR) is 71.0 cm³/mol. The van der Waals surface area contributed by atoms with Gasteiger partial charge in [0.25, 0.3) is 9.41 Å². The van der Waals surface area contributed by atoms with Gasteiger partial charge in [-0.05, 0) is 26.2 Å². The molecule has 0 unspecified atom stereocenters. The van der Waals surface area contributed by atoms with Gasteiger partial charge >= 0.3 is 0 Å². The van der Waals surface area contributed by atoms with E-state index in [4.69, 9.17) is 8.89 Å². The maximum absolute atomic E-state index is 9.01. The van der Waals surface area contributed by atoms with Crippen LogP contribution in [-0.4, -0.2) is 24.8 Å². The van der Waals surface area contributed by atoms with Gasteiger partial charge < -0.3 is 8.89 Å². The summed E-state index contributed by atoms with van der Waals surface area (Å²) < 4.78 is 14.1. The van der Waals surface area contributed by atoms with Gasteiger partial charge in [-0.1, -0.05) is 29.7 Å². The molecule has 0 fully saturated rings. The molecule has 2 nitrogen and oxygen atoms in total. The fourth-order valence-electron chi connectivity index (χ4n) is 0. The fourth-order valence-corrected chi connectivity index (χ4v) is 0. The van der Waals surface area contributed by atoms with Crippen molar-refractivity contribution in [3.05, 3.63) is 0 Å². The van der Waals surface area contributed by atoms with Crippen LogP contribution in [0.3, 0.4) is 0 Å². The first-order valence-electron chi connectivity index (χ1n) is 2.93. The Labute approximate surface area is 90.1 Å². The summed E-state index contributed by atoms with van der Waals surface area (Å²) in [6.45, 7) is 8.13. The molecule has 0 N–H and O–H groups in total. The van der Waals surface area contributed by atoms with Gasteiger partial charge in [0.1, 0.15) is 0 Å². The zero-order valence-corrected chi connectivity index (χ0v) is 9.05. The van der Waals surface area contributed by atoms with Gasteiger partial charge in [0.05, 0.1) is 0 Å². The van der Waals surface area contributed by atoms with Crippen LogP contribution in [0.5, 0.6) is 0 Å². The van der Waals surface area contributed by atoms with Crippen LogP contribution in [0.4, 0.5) is 0 Å². The molecule has 0 aromatic rings. The fraction of sp³-hybridized carbons (Fsp3) is 1.00. The van der Waals surface area contributed by atoms with Crippen molar-refractivity contribution in [2.24, 2.45) is 0 Å². The third-order valence-electron chi connectivity index (χ3n) is 0.612. The van der Waals surface area contributed by atoms with Crippen LogP contribution in [-0.2, 0) is 8.89 Å². The maximum Gasteiger partial charge on any atom is 0.257 e. The molecule has 0 amide bonds. The average molecular weight is 229 g/mol. The largest absolute Gasteiger partial charge is 0.421 e. The molecular formula is C9H32O2Si2. The van der Waals surface area contributed by atoms with Gasteiger partial charge in [-0.25, -0.2) is 0 Å². The third kappa shape index (κ3) is 124. The molecule has 0 radical (unpaired) electrons. The second-order valence-corrected chi connectivity index (χ2v) is 7.66. The van der Waals surface area contributed by atoms with E-state index in [1.807, 2.05) is 0 Å². The SMILES string of the molecule is C.C.C.C.CO[Si](C)(C)C.C[SiH]=O. The lowest BCUT2D eigenvalue weighted by atomic mass is 11.8. The van der Waals surface area contributed by atoms with E-state index in [0.29, 0.717) is 0 Å². The van der Waals surface area contributed by atoms with Crippen molar-refractivity contribution in [1.82, 2.24) is 0 Å². The summed E-state index contributed by atoms with van der Waals surface area (Å²) in [6, 6.07) is 0. The van der Waals surface area contributed by atoms with E-state index in [2.05, 4.69) is 19.6 Å². The summed E-state index contributed by atoms with van der Waals surface area (Å²) >= 11 is 0. The molecule has 0 aliphatic rings. The normalized spacial score (nSPS) is 6.54. The van der Waals surface area contributed by atoms with E-state index >= 15 is 0 Å².